The Hall–Kier alpha value is -0.550. The van der Waals surface area contributed by atoms with Crippen LogP contribution in [0, 0.1) is 17.5 Å². The molecule has 0 saturated heterocycles. The lowest BCUT2D eigenvalue weighted by Gasteiger charge is -2.05. The van der Waals surface area contributed by atoms with E-state index < -0.39 is 21.9 Å². The summed E-state index contributed by atoms with van der Waals surface area (Å²) in [6.07, 6.45) is 0.840. The third kappa shape index (κ3) is 2.27. The zero-order valence-corrected chi connectivity index (χ0v) is 8.87. The molecule has 0 aliphatic carbocycles. The van der Waals surface area contributed by atoms with Crippen molar-refractivity contribution in [3.8, 4) is 0 Å². The molecule has 0 fully saturated rings. The maximum absolute atomic E-state index is 13.3. The summed E-state index contributed by atoms with van der Waals surface area (Å²) in [6.45, 7) is 0.385. The minimum absolute atomic E-state index is 0.140. The maximum Gasteiger partial charge on any atom is 0.175 e. The average Bonchev–Trinajstić information content (AvgIpc) is 2.18. The summed E-state index contributed by atoms with van der Waals surface area (Å²) >= 11 is 2.65. The van der Waals surface area contributed by atoms with Crippen LogP contribution >= 0.6 is 15.9 Å². The standard InChI is InChI=1S/C9H9BrF3N/c10-7-8(12)5(2-1-3-14)4-6(11)9(7)13/h4H,1-3,14H2. The van der Waals surface area contributed by atoms with Crippen molar-refractivity contribution < 1.29 is 13.2 Å². The van der Waals surface area contributed by atoms with Gasteiger partial charge in [-0.25, -0.2) is 13.2 Å². The van der Waals surface area contributed by atoms with Gasteiger partial charge in [0.2, 0.25) is 0 Å². The smallest absolute Gasteiger partial charge is 0.175 e. The van der Waals surface area contributed by atoms with Crippen LogP contribution in [0.5, 0.6) is 0 Å². The summed E-state index contributed by atoms with van der Waals surface area (Å²) in [4.78, 5) is 0. The van der Waals surface area contributed by atoms with E-state index in [-0.39, 0.29) is 5.56 Å². The van der Waals surface area contributed by atoms with Gasteiger partial charge in [-0.1, -0.05) is 0 Å². The van der Waals surface area contributed by atoms with Gasteiger partial charge >= 0.3 is 0 Å². The molecular formula is C9H9BrF3N. The molecule has 2 N–H and O–H groups in total. The fraction of sp³-hybridized carbons (Fsp3) is 0.333. The Labute approximate surface area is 88.2 Å². The van der Waals surface area contributed by atoms with Gasteiger partial charge in [0.05, 0.1) is 4.47 Å². The summed E-state index contributed by atoms with van der Waals surface area (Å²) in [5.41, 5.74) is 5.37. The van der Waals surface area contributed by atoms with E-state index in [0.29, 0.717) is 19.4 Å². The molecule has 0 amide bonds. The summed E-state index contributed by atoms with van der Waals surface area (Å²) in [5, 5.41) is 0. The van der Waals surface area contributed by atoms with Gasteiger partial charge in [-0.05, 0) is 46.9 Å². The third-order valence-corrected chi connectivity index (χ3v) is 2.52. The number of aryl methyl sites for hydroxylation is 1. The lowest BCUT2D eigenvalue weighted by Crippen LogP contribution is -2.03. The summed E-state index contributed by atoms with van der Waals surface area (Å²) in [7, 11) is 0. The van der Waals surface area contributed by atoms with E-state index in [1.54, 1.807) is 0 Å². The second-order valence-electron chi connectivity index (χ2n) is 2.85. The highest BCUT2D eigenvalue weighted by atomic mass is 79.9. The first-order valence-electron chi connectivity index (χ1n) is 4.10. The molecular weight excluding hydrogens is 259 g/mol. The van der Waals surface area contributed by atoms with Crippen LogP contribution in [0.15, 0.2) is 10.5 Å². The van der Waals surface area contributed by atoms with E-state index in [1.165, 1.54) is 0 Å². The van der Waals surface area contributed by atoms with Crippen LogP contribution in [0.3, 0.4) is 0 Å². The first kappa shape index (κ1) is 11.5. The average molecular weight is 268 g/mol. The molecule has 0 radical (unpaired) electrons. The first-order valence-corrected chi connectivity index (χ1v) is 4.89. The molecule has 1 aromatic rings. The van der Waals surface area contributed by atoms with Gasteiger partial charge < -0.3 is 5.73 Å². The van der Waals surface area contributed by atoms with Crippen LogP contribution < -0.4 is 5.73 Å². The molecule has 78 valence electrons. The number of rotatable bonds is 3. The Kier molecular flexibility index (Phi) is 3.95. The van der Waals surface area contributed by atoms with Gasteiger partial charge in [-0.2, -0.15) is 0 Å². The summed E-state index contributed by atoms with van der Waals surface area (Å²) < 4.78 is 38.5. The zero-order chi connectivity index (χ0) is 10.7. The number of hydrogen-bond acceptors (Lipinski definition) is 1. The van der Waals surface area contributed by atoms with Crippen LogP contribution in [-0.2, 0) is 6.42 Å². The minimum Gasteiger partial charge on any atom is -0.330 e. The molecule has 14 heavy (non-hydrogen) atoms. The van der Waals surface area contributed by atoms with Crippen molar-refractivity contribution in [2.45, 2.75) is 12.8 Å². The fourth-order valence-electron chi connectivity index (χ4n) is 1.10. The van der Waals surface area contributed by atoms with E-state index in [2.05, 4.69) is 15.9 Å². The quantitative estimate of drug-likeness (QED) is 0.662. The predicted octanol–water partition coefficient (Wildman–Crippen LogP) is 2.76. The molecule has 0 atom stereocenters. The van der Waals surface area contributed by atoms with Gasteiger partial charge in [-0.15, -0.1) is 0 Å². The number of nitrogens with two attached hydrogens (primary N) is 1. The lowest BCUT2D eigenvalue weighted by molar-refractivity contribution is 0.482. The predicted molar refractivity (Wildman–Crippen MR) is 51.4 cm³/mol. The van der Waals surface area contributed by atoms with Crippen LogP contribution in [0.2, 0.25) is 0 Å². The minimum atomic E-state index is -1.20. The van der Waals surface area contributed by atoms with Crippen LogP contribution in [0.4, 0.5) is 13.2 Å². The first-order chi connectivity index (χ1) is 6.57. The highest BCUT2D eigenvalue weighted by Gasteiger charge is 2.15. The van der Waals surface area contributed by atoms with Crippen molar-refractivity contribution in [2.24, 2.45) is 5.73 Å². The zero-order valence-electron chi connectivity index (χ0n) is 7.29. The largest absolute Gasteiger partial charge is 0.330 e. The fourth-order valence-corrected chi connectivity index (χ4v) is 1.54. The van der Waals surface area contributed by atoms with Crippen molar-refractivity contribution in [1.82, 2.24) is 0 Å². The van der Waals surface area contributed by atoms with Gasteiger partial charge in [-0.3, -0.25) is 0 Å². The van der Waals surface area contributed by atoms with E-state index >= 15 is 0 Å². The third-order valence-electron chi connectivity index (χ3n) is 1.83. The molecule has 0 aromatic heterocycles. The van der Waals surface area contributed by atoms with Crippen molar-refractivity contribution in [3.63, 3.8) is 0 Å². The normalized spacial score (nSPS) is 10.6. The van der Waals surface area contributed by atoms with Gasteiger partial charge in [0.25, 0.3) is 0 Å². The lowest BCUT2D eigenvalue weighted by atomic mass is 10.1. The van der Waals surface area contributed by atoms with Crippen molar-refractivity contribution in [2.75, 3.05) is 6.54 Å². The topological polar surface area (TPSA) is 26.0 Å². The summed E-state index contributed by atoms with van der Waals surface area (Å²) in [6, 6.07) is 0.866. The Morgan fingerprint density at radius 3 is 2.43 bits per heavy atom. The number of hydrogen-bond donors (Lipinski definition) is 1. The maximum atomic E-state index is 13.3. The van der Waals surface area contributed by atoms with E-state index in [0.717, 1.165) is 6.07 Å². The van der Waals surface area contributed by atoms with E-state index in [1.807, 2.05) is 0 Å². The number of halogens is 4. The van der Waals surface area contributed by atoms with E-state index in [9.17, 15) is 13.2 Å². The molecule has 0 bridgehead atoms. The molecule has 0 spiro atoms. The SMILES string of the molecule is NCCCc1cc(F)c(F)c(Br)c1F. The molecule has 0 unspecified atom stereocenters. The second-order valence-corrected chi connectivity index (χ2v) is 3.64. The monoisotopic (exact) mass is 267 g/mol. The van der Waals surface area contributed by atoms with Gasteiger partial charge in [0.1, 0.15) is 5.82 Å². The molecule has 5 heteroatoms. The Morgan fingerprint density at radius 1 is 1.21 bits per heavy atom. The molecule has 0 heterocycles. The highest BCUT2D eigenvalue weighted by molar-refractivity contribution is 9.10. The molecule has 0 aliphatic heterocycles. The number of benzene rings is 1. The van der Waals surface area contributed by atoms with Crippen molar-refractivity contribution in [1.29, 1.82) is 0 Å². The van der Waals surface area contributed by atoms with E-state index in [4.69, 9.17) is 5.73 Å². The molecule has 1 rings (SSSR count). The second kappa shape index (κ2) is 4.79. The molecule has 0 saturated carbocycles. The highest BCUT2D eigenvalue weighted by Crippen LogP contribution is 2.25. The Balaban J connectivity index is 3.06. The Morgan fingerprint density at radius 2 is 1.86 bits per heavy atom. The van der Waals surface area contributed by atoms with Crippen LogP contribution in [-0.4, -0.2) is 6.54 Å². The molecule has 1 nitrogen and oxygen atoms in total. The Bertz CT molecular complexity index is 341. The summed E-state index contributed by atoms with van der Waals surface area (Å²) in [5.74, 6) is -3.00. The van der Waals surface area contributed by atoms with Gasteiger partial charge in [0, 0.05) is 0 Å². The van der Waals surface area contributed by atoms with Gasteiger partial charge in [0.15, 0.2) is 11.6 Å². The molecule has 1 aromatic carbocycles. The molecule has 0 aliphatic rings. The van der Waals surface area contributed by atoms with Crippen LogP contribution in [0.1, 0.15) is 12.0 Å². The van der Waals surface area contributed by atoms with Crippen molar-refractivity contribution in [3.05, 3.63) is 33.6 Å². The van der Waals surface area contributed by atoms with Crippen LogP contribution in [0.25, 0.3) is 0 Å². The van der Waals surface area contributed by atoms with Crippen molar-refractivity contribution >= 4 is 15.9 Å².